The smallest absolute Gasteiger partial charge is 0.277 e. The molecule has 0 unspecified atom stereocenters. The average molecular weight is 363 g/mol. The number of nitrogens with one attached hydrogen (secondary N) is 1. The number of halogens is 1. The van der Waals surface area contributed by atoms with Crippen molar-refractivity contribution < 1.29 is 13.6 Å². The summed E-state index contributed by atoms with van der Waals surface area (Å²) in [4.78, 5) is 16.9. The average Bonchev–Trinajstić information content (AvgIpc) is 3.32. The fourth-order valence-corrected chi connectivity index (χ4v) is 2.59. The Hall–Kier alpha value is -3.81. The third-order valence-corrected chi connectivity index (χ3v) is 3.92. The zero-order chi connectivity index (χ0) is 18.8. The van der Waals surface area contributed by atoms with Gasteiger partial charge in [0, 0.05) is 11.3 Å². The number of hydrogen-bond donors (Lipinski definition) is 1. The molecular formula is C19H14FN5O2. The second kappa shape index (κ2) is 6.83. The van der Waals surface area contributed by atoms with E-state index in [2.05, 4.69) is 20.5 Å². The van der Waals surface area contributed by atoms with Crippen LogP contribution in [0.25, 0.3) is 17.1 Å². The Balaban J connectivity index is 1.57. The zero-order valence-electron chi connectivity index (χ0n) is 14.3. The molecule has 0 spiro atoms. The summed E-state index contributed by atoms with van der Waals surface area (Å²) in [6.45, 7) is 1.66. The van der Waals surface area contributed by atoms with Gasteiger partial charge in [-0.25, -0.2) is 9.37 Å². The Morgan fingerprint density at radius 2 is 1.85 bits per heavy atom. The molecule has 27 heavy (non-hydrogen) atoms. The van der Waals surface area contributed by atoms with Crippen molar-refractivity contribution >= 4 is 11.6 Å². The molecule has 0 saturated carbocycles. The molecule has 8 heteroatoms. The first-order chi connectivity index (χ1) is 13.1. The predicted octanol–water partition coefficient (Wildman–Crippen LogP) is 3.62. The fourth-order valence-electron chi connectivity index (χ4n) is 2.59. The summed E-state index contributed by atoms with van der Waals surface area (Å²) >= 11 is 0. The van der Waals surface area contributed by atoms with Gasteiger partial charge in [-0.2, -0.15) is 0 Å². The highest BCUT2D eigenvalue weighted by molar-refractivity contribution is 6.03. The monoisotopic (exact) mass is 363 g/mol. The van der Waals surface area contributed by atoms with Gasteiger partial charge in [0.15, 0.2) is 5.69 Å². The first-order valence-electron chi connectivity index (χ1n) is 8.10. The molecular weight excluding hydrogens is 349 g/mol. The molecule has 134 valence electrons. The van der Waals surface area contributed by atoms with Crippen molar-refractivity contribution in [2.24, 2.45) is 0 Å². The summed E-state index contributed by atoms with van der Waals surface area (Å²) in [7, 11) is 0. The molecule has 2 aromatic carbocycles. The molecule has 0 bridgehead atoms. The minimum absolute atomic E-state index is 0.170. The molecule has 0 aliphatic carbocycles. The van der Waals surface area contributed by atoms with E-state index in [1.54, 1.807) is 48.4 Å². The van der Waals surface area contributed by atoms with Crippen LogP contribution >= 0.6 is 0 Å². The number of aryl methyl sites for hydroxylation is 1. The summed E-state index contributed by atoms with van der Waals surface area (Å²) < 4.78 is 20.4. The summed E-state index contributed by atoms with van der Waals surface area (Å²) in [6, 6.07) is 12.9. The number of anilines is 1. The maximum Gasteiger partial charge on any atom is 0.277 e. The quantitative estimate of drug-likeness (QED) is 0.598. The van der Waals surface area contributed by atoms with Crippen molar-refractivity contribution in [2.75, 3.05) is 5.32 Å². The lowest BCUT2D eigenvalue weighted by Crippen LogP contribution is -2.13. The first-order valence-corrected chi connectivity index (χ1v) is 8.10. The minimum atomic E-state index is -0.398. The van der Waals surface area contributed by atoms with Crippen LogP contribution in [0.2, 0.25) is 0 Å². The number of hydrogen-bond acceptors (Lipinski definition) is 5. The van der Waals surface area contributed by atoms with E-state index in [4.69, 9.17) is 4.42 Å². The van der Waals surface area contributed by atoms with Crippen molar-refractivity contribution in [2.45, 2.75) is 6.92 Å². The Morgan fingerprint density at radius 3 is 2.59 bits per heavy atom. The summed E-state index contributed by atoms with van der Waals surface area (Å²) in [5.41, 5.74) is 2.16. The zero-order valence-corrected chi connectivity index (χ0v) is 14.3. The predicted molar refractivity (Wildman–Crippen MR) is 95.9 cm³/mol. The van der Waals surface area contributed by atoms with Gasteiger partial charge < -0.3 is 9.73 Å². The number of aromatic nitrogens is 4. The normalized spacial score (nSPS) is 10.7. The van der Waals surface area contributed by atoms with Gasteiger partial charge in [-0.05, 0) is 49.4 Å². The van der Waals surface area contributed by atoms with E-state index in [1.807, 2.05) is 12.1 Å². The van der Waals surface area contributed by atoms with Crippen LogP contribution in [-0.2, 0) is 0 Å². The summed E-state index contributed by atoms with van der Waals surface area (Å²) in [5.74, 6) is -0.115. The van der Waals surface area contributed by atoms with Gasteiger partial charge in [0.1, 0.15) is 24.2 Å². The Bertz CT molecular complexity index is 1090. The molecule has 2 aromatic heterocycles. The van der Waals surface area contributed by atoms with Crippen LogP contribution in [0.1, 0.15) is 16.2 Å². The molecule has 7 nitrogen and oxygen atoms in total. The highest BCUT2D eigenvalue weighted by atomic mass is 19.1. The fraction of sp³-hybridized carbons (Fsp3) is 0.0526. The van der Waals surface area contributed by atoms with Crippen molar-refractivity contribution in [3.63, 3.8) is 0 Å². The van der Waals surface area contributed by atoms with Gasteiger partial charge >= 0.3 is 0 Å². The van der Waals surface area contributed by atoms with E-state index in [-0.39, 0.29) is 17.4 Å². The lowest BCUT2D eigenvalue weighted by Gasteiger charge is -2.06. The SMILES string of the molecule is Cc1oc(-c2ccc(F)cc2)nc1C(=O)Nc1cccc(-n2cnnc2)c1. The highest BCUT2D eigenvalue weighted by Gasteiger charge is 2.18. The number of oxazole rings is 1. The van der Waals surface area contributed by atoms with Crippen molar-refractivity contribution in [3.8, 4) is 17.1 Å². The summed E-state index contributed by atoms with van der Waals surface area (Å²) in [6.07, 6.45) is 3.13. The first kappa shape index (κ1) is 16.6. The molecule has 0 radical (unpaired) electrons. The molecule has 4 aromatic rings. The number of nitrogens with zero attached hydrogens (tertiary/aromatic N) is 4. The van der Waals surface area contributed by atoms with Crippen molar-refractivity contribution in [1.82, 2.24) is 19.7 Å². The number of amides is 1. The third-order valence-electron chi connectivity index (χ3n) is 3.92. The number of benzene rings is 2. The second-order valence-corrected chi connectivity index (χ2v) is 5.80. The minimum Gasteiger partial charge on any atom is -0.441 e. The highest BCUT2D eigenvalue weighted by Crippen LogP contribution is 2.23. The van der Waals surface area contributed by atoms with E-state index in [0.29, 0.717) is 17.0 Å². The molecule has 0 aliphatic heterocycles. The Kier molecular flexibility index (Phi) is 4.21. The van der Waals surface area contributed by atoms with Crippen LogP contribution in [0.15, 0.2) is 65.6 Å². The van der Waals surface area contributed by atoms with Crippen LogP contribution in [0, 0.1) is 12.7 Å². The lowest BCUT2D eigenvalue weighted by atomic mass is 10.2. The van der Waals surface area contributed by atoms with Gasteiger partial charge in [0.05, 0.1) is 5.69 Å². The molecule has 0 saturated heterocycles. The van der Waals surface area contributed by atoms with Crippen molar-refractivity contribution in [3.05, 3.63) is 78.5 Å². The standard InChI is InChI=1S/C19H14FN5O2/c1-12-17(24-19(27-12)13-5-7-14(20)8-6-13)18(26)23-15-3-2-4-16(9-15)25-10-21-22-11-25/h2-11H,1H3,(H,23,26). The van der Waals surface area contributed by atoms with Gasteiger partial charge in [-0.3, -0.25) is 9.36 Å². The maximum atomic E-state index is 13.1. The molecule has 1 N–H and O–H groups in total. The van der Waals surface area contributed by atoms with Gasteiger partial charge in [0.25, 0.3) is 5.91 Å². The molecule has 2 heterocycles. The largest absolute Gasteiger partial charge is 0.441 e. The maximum absolute atomic E-state index is 13.1. The number of carbonyl (C=O) groups is 1. The van der Waals surface area contributed by atoms with Crippen LogP contribution in [0.5, 0.6) is 0 Å². The van der Waals surface area contributed by atoms with E-state index < -0.39 is 5.91 Å². The molecule has 0 aliphatic rings. The number of rotatable bonds is 4. The van der Waals surface area contributed by atoms with Crippen LogP contribution in [-0.4, -0.2) is 25.7 Å². The van der Waals surface area contributed by atoms with Crippen LogP contribution in [0.4, 0.5) is 10.1 Å². The number of carbonyl (C=O) groups excluding carboxylic acids is 1. The van der Waals surface area contributed by atoms with Crippen LogP contribution in [0.3, 0.4) is 0 Å². The Morgan fingerprint density at radius 1 is 1.11 bits per heavy atom. The van der Waals surface area contributed by atoms with Crippen molar-refractivity contribution in [1.29, 1.82) is 0 Å². The Labute approximate surface area is 153 Å². The summed E-state index contributed by atoms with van der Waals surface area (Å²) in [5, 5.41) is 10.3. The van der Waals surface area contributed by atoms with Gasteiger partial charge in [0.2, 0.25) is 5.89 Å². The lowest BCUT2D eigenvalue weighted by molar-refractivity contribution is 0.102. The van der Waals surface area contributed by atoms with E-state index >= 15 is 0 Å². The third kappa shape index (κ3) is 3.45. The van der Waals surface area contributed by atoms with E-state index in [1.165, 1.54) is 12.1 Å². The molecule has 4 rings (SSSR count). The van der Waals surface area contributed by atoms with Gasteiger partial charge in [-0.15, -0.1) is 10.2 Å². The van der Waals surface area contributed by atoms with Gasteiger partial charge in [-0.1, -0.05) is 6.07 Å². The molecule has 1 amide bonds. The second-order valence-electron chi connectivity index (χ2n) is 5.80. The van der Waals surface area contributed by atoms with E-state index in [0.717, 1.165) is 5.69 Å². The molecule has 0 atom stereocenters. The van der Waals surface area contributed by atoms with Crippen LogP contribution < -0.4 is 5.32 Å². The van der Waals surface area contributed by atoms with E-state index in [9.17, 15) is 9.18 Å². The topological polar surface area (TPSA) is 85.8 Å². The molecule has 0 fully saturated rings.